The van der Waals surface area contributed by atoms with Gasteiger partial charge in [-0.2, -0.15) is 0 Å². The maximum absolute atomic E-state index is 12.6. The van der Waals surface area contributed by atoms with Gasteiger partial charge >= 0.3 is 6.09 Å². The van der Waals surface area contributed by atoms with Gasteiger partial charge in [0.05, 0.1) is 23.7 Å². The van der Waals surface area contributed by atoms with Crippen LogP contribution in [0.5, 0.6) is 0 Å². The monoisotopic (exact) mass is 382 g/mol. The molecule has 0 radical (unpaired) electrons. The number of imide groups is 1. The number of nitrogens with zero attached hydrogens (tertiary/aromatic N) is 1. The Labute approximate surface area is 165 Å². The molecule has 0 bridgehead atoms. The van der Waals surface area contributed by atoms with Gasteiger partial charge in [-0.25, -0.2) is 4.79 Å². The minimum Gasteiger partial charge on any atom is -0.444 e. The molecular formula is C22H26N2O4. The molecule has 1 N–H and O–H groups in total. The molecule has 0 unspecified atom stereocenters. The van der Waals surface area contributed by atoms with Gasteiger partial charge in [0.1, 0.15) is 5.60 Å². The van der Waals surface area contributed by atoms with E-state index in [0.29, 0.717) is 11.1 Å². The molecular weight excluding hydrogens is 356 g/mol. The van der Waals surface area contributed by atoms with Gasteiger partial charge in [0, 0.05) is 0 Å². The molecule has 0 saturated carbocycles. The Bertz CT molecular complexity index is 796. The summed E-state index contributed by atoms with van der Waals surface area (Å²) < 4.78 is 5.29. The van der Waals surface area contributed by atoms with Crippen molar-refractivity contribution in [1.29, 1.82) is 0 Å². The van der Waals surface area contributed by atoms with Crippen molar-refractivity contribution in [3.05, 3.63) is 71.8 Å². The molecule has 0 aliphatic carbocycles. The predicted octanol–water partition coefficient (Wildman–Crippen LogP) is 3.86. The zero-order valence-corrected chi connectivity index (χ0v) is 16.6. The summed E-state index contributed by atoms with van der Waals surface area (Å²) in [6, 6.07) is 6.10. The van der Waals surface area contributed by atoms with E-state index in [1.165, 1.54) is 0 Å². The molecule has 1 aromatic rings. The maximum Gasteiger partial charge on any atom is 0.408 e. The van der Waals surface area contributed by atoms with Gasteiger partial charge in [-0.05, 0) is 39.8 Å². The fourth-order valence-electron chi connectivity index (χ4n) is 2.65. The molecule has 6 nitrogen and oxygen atoms in total. The van der Waals surface area contributed by atoms with Gasteiger partial charge in [0.25, 0.3) is 11.8 Å². The first kappa shape index (κ1) is 21.2. The van der Waals surface area contributed by atoms with E-state index in [1.807, 2.05) is 25.2 Å². The molecule has 6 heteroatoms. The molecule has 3 amide bonds. The topological polar surface area (TPSA) is 75.7 Å². The van der Waals surface area contributed by atoms with Crippen molar-refractivity contribution >= 4 is 17.9 Å². The number of nitrogens with one attached hydrogen (secondary N) is 1. The third kappa shape index (κ3) is 5.67. The van der Waals surface area contributed by atoms with Crippen molar-refractivity contribution in [2.75, 3.05) is 6.54 Å². The second kappa shape index (κ2) is 9.17. The Morgan fingerprint density at radius 1 is 1.07 bits per heavy atom. The fourth-order valence-corrected chi connectivity index (χ4v) is 2.65. The molecule has 1 aromatic carbocycles. The quantitative estimate of drug-likeness (QED) is 0.599. The highest BCUT2D eigenvalue weighted by Crippen LogP contribution is 2.22. The number of rotatable bonds is 6. The van der Waals surface area contributed by atoms with Crippen LogP contribution < -0.4 is 5.32 Å². The van der Waals surface area contributed by atoms with Crippen molar-refractivity contribution in [2.45, 2.75) is 39.3 Å². The smallest absolute Gasteiger partial charge is 0.408 e. The zero-order valence-electron chi connectivity index (χ0n) is 16.6. The summed E-state index contributed by atoms with van der Waals surface area (Å²) in [4.78, 5) is 38.5. The predicted molar refractivity (Wildman–Crippen MR) is 108 cm³/mol. The number of amides is 3. The number of hydrogen-bond donors (Lipinski definition) is 1. The summed E-state index contributed by atoms with van der Waals surface area (Å²) in [6.45, 7) is 7.22. The van der Waals surface area contributed by atoms with E-state index in [4.69, 9.17) is 4.74 Å². The van der Waals surface area contributed by atoms with E-state index < -0.39 is 17.7 Å². The van der Waals surface area contributed by atoms with Crippen LogP contribution in [-0.2, 0) is 4.74 Å². The number of fused-ring (bicyclic) bond motifs is 1. The maximum atomic E-state index is 12.6. The van der Waals surface area contributed by atoms with Crippen LogP contribution in [0.15, 0.2) is 60.7 Å². The Morgan fingerprint density at radius 3 is 2.18 bits per heavy atom. The lowest BCUT2D eigenvalue weighted by Gasteiger charge is -2.24. The minimum absolute atomic E-state index is 0.0134. The van der Waals surface area contributed by atoms with Gasteiger partial charge < -0.3 is 10.1 Å². The van der Waals surface area contributed by atoms with Crippen molar-refractivity contribution < 1.29 is 19.1 Å². The third-order valence-electron chi connectivity index (χ3n) is 3.83. The number of alkyl carbamates (subject to hydrolysis) is 1. The summed E-state index contributed by atoms with van der Waals surface area (Å²) in [7, 11) is 0. The first-order chi connectivity index (χ1) is 13.2. The van der Waals surface area contributed by atoms with Crippen LogP contribution in [-0.4, -0.2) is 41.0 Å². The molecule has 1 atom stereocenters. The molecule has 0 saturated heterocycles. The van der Waals surface area contributed by atoms with Gasteiger partial charge in [0.15, 0.2) is 0 Å². The Hall–Kier alpha value is -3.15. The largest absolute Gasteiger partial charge is 0.444 e. The number of allylic oxidation sites excluding steroid dienone is 5. The average molecular weight is 382 g/mol. The molecule has 2 rings (SSSR count). The molecule has 28 heavy (non-hydrogen) atoms. The van der Waals surface area contributed by atoms with Crippen LogP contribution >= 0.6 is 0 Å². The van der Waals surface area contributed by atoms with Crippen molar-refractivity contribution in [1.82, 2.24) is 10.2 Å². The zero-order chi connectivity index (χ0) is 20.7. The van der Waals surface area contributed by atoms with Gasteiger partial charge in [-0.15, -0.1) is 0 Å². The fraction of sp³-hybridized carbons (Fsp3) is 0.318. The van der Waals surface area contributed by atoms with E-state index in [0.717, 1.165) is 4.90 Å². The standard InChI is InChI=1S/C22H26N2O4/c1-5-6-7-8-9-12-16(23-21(27)28-22(2,3)4)15-24-19(25)17-13-10-11-14-18(17)20(24)26/h5-14,16H,15H2,1-4H3,(H,23,27)/b6-5-,8-7-,12-9+/t16-/m0/s1. The highest BCUT2D eigenvalue weighted by atomic mass is 16.6. The molecule has 1 heterocycles. The van der Waals surface area contributed by atoms with Crippen LogP contribution in [0.25, 0.3) is 0 Å². The van der Waals surface area contributed by atoms with E-state index in [1.54, 1.807) is 63.3 Å². The van der Waals surface area contributed by atoms with E-state index >= 15 is 0 Å². The SMILES string of the molecule is C\C=C/C=C\C=C\[C@@H](CN1C(=O)c2ccccc2C1=O)NC(=O)OC(C)(C)C. The number of benzene rings is 1. The lowest BCUT2D eigenvalue weighted by atomic mass is 10.1. The van der Waals surface area contributed by atoms with Crippen molar-refractivity contribution in [3.63, 3.8) is 0 Å². The van der Waals surface area contributed by atoms with Gasteiger partial charge in [0.2, 0.25) is 0 Å². The third-order valence-corrected chi connectivity index (χ3v) is 3.83. The Morgan fingerprint density at radius 2 is 1.64 bits per heavy atom. The molecule has 0 aromatic heterocycles. The summed E-state index contributed by atoms with van der Waals surface area (Å²) >= 11 is 0. The van der Waals surface area contributed by atoms with Crippen molar-refractivity contribution in [2.24, 2.45) is 0 Å². The van der Waals surface area contributed by atoms with E-state index in [-0.39, 0.29) is 18.4 Å². The summed E-state index contributed by atoms with van der Waals surface area (Å²) in [5, 5.41) is 2.71. The highest BCUT2D eigenvalue weighted by molar-refractivity contribution is 6.21. The highest BCUT2D eigenvalue weighted by Gasteiger charge is 2.36. The number of carbonyl (C=O) groups excluding carboxylic acids is 3. The van der Waals surface area contributed by atoms with Crippen LogP contribution in [0.1, 0.15) is 48.4 Å². The molecule has 0 fully saturated rings. The van der Waals surface area contributed by atoms with Crippen LogP contribution in [0.3, 0.4) is 0 Å². The van der Waals surface area contributed by atoms with Crippen molar-refractivity contribution in [3.8, 4) is 0 Å². The second-order valence-electron chi connectivity index (χ2n) is 7.31. The first-order valence-corrected chi connectivity index (χ1v) is 9.14. The normalized spacial score (nSPS) is 15.6. The van der Waals surface area contributed by atoms with Crippen LogP contribution in [0, 0.1) is 0 Å². The van der Waals surface area contributed by atoms with E-state index in [9.17, 15) is 14.4 Å². The summed E-state index contributed by atoms with van der Waals surface area (Å²) in [5.41, 5.74) is 0.0978. The first-order valence-electron chi connectivity index (χ1n) is 9.14. The Balaban J connectivity index is 2.16. The van der Waals surface area contributed by atoms with Gasteiger partial charge in [-0.1, -0.05) is 48.6 Å². The number of carbonyl (C=O) groups is 3. The molecule has 1 aliphatic rings. The molecule has 0 spiro atoms. The van der Waals surface area contributed by atoms with E-state index in [2.05, 4.69) is 5.32 Å². The second-order valence-corrected chi connectivity index (χ2v) is 7.31. The summed E-state index contributed by atoms with van der Waals surface area (Å²) in [6.07, 6.45) is 10.2. The molecule has 1 aliphatic heterocycles. The van der Waals surface area contributed by atoms with Crippen LogP contribution in [0.2, 0.25) is 0 Å². The number of ether oxygens (including phenoxy) is 1. The number of hydrogen-bond acceptors (Lipinski definition) is 4. The van der Waals surface area contributed by atoms with Crippen LogP contribution in [0.4, 0.5) is 4.79 Å². The average Bonchev–Trinajstić information content (AvgIpc) is 2.85. The Kier molecular flexibility index (Phi) is 6.93. The lowest BCUT2D eigenvalue weighted by molar-refractivity contribution is 0.0483. The van der Waals surface area contributed by atoms with Gasteiger partial charge in [-0.3, -0.25) is 14.5 Å². The summed E-state index contributed by atoms with van der Waals surface area (Å²) in [5.74, 6) is -0.733. The molecule has 148 valence electrons. The minimum atomic E-state index is -0.653. The lowest BCUT2D eigenvalue weighted by Crippen LogP contribution is -2.46.